The molecule has 1 fully saturated rings. The second kappa shape index (κ2) is 12.7. The van der Waals surface area contributed by atoms with Gasteiger partial charge in [-0.25, -0.2) is 0 Å². The zero-order valence-electron chi connectivity index (χ0n) is 23.7. The van der Waals surface area contributed by atoms with Gasteiger partial charge in [-0.3, -0.25) is 9.78 Å². The number of nitrogens with zero attached hydrogens (tertiary/aromatic N) is 1. The number of benzene rings is 2. The average molecular weight is 546 g/mol. The number of aromatic nitrogens is 2. The molecule has 4 aromatic rings. The third-order valence-electron chi connectivity index (χ3n) is 7.41. The largest absolute Gasteiger partial charge is 0.460 e. The van der Waals surface area contributed by atoms with Crippen molar-refractivity contribution in [3.63, 3.8) is 0 Å². The summed E-state index contributed by atoms with van der Waals surface area (Å²) in [6.07, 6.45) is 3.54. The number of fused-ring (bicyclic) bond motifs is 3. The van der Waals surface area contributed by atoms with Gasteiger partial charge in [0.2, 0.25) is 0 Å². The number of hydrogen-bond donors (Lipinski definition) is 2. The van der Waals surface area contributed by atoms with Crippen molar-refractivity contribution in [1.29, 1.82) is 0 Å². The van der Waals surface area contributed by atoms with Gasteiger partial charge in [0.1, 0.15) is 18.9 Å². The number of nitrogens with one attached hydrogen (secondary N) is 1. The number of ether oxygens (including phenoxy) is 3. The molecular formula is C32H39N3O5. The van der Waals surface area contributed by atoms with Crippen LogP contribution in [-0.2, 0) is 36.8 Å². The number of carbonyl (C=O) groups is 2. The van der Waals surface area contributed by atoms with Gasteiger partial charge in [0.25, 0.3) is 0 Å². The Hall–Kier alpha value is -3.59. The molecule has 212 valence electrons. The van der Waals surface area contributed by atoms with Crippen LogP contribution in [0.5, 0.6) is 0 Å². The van der Waals surface area contributed by atoms with Gasteiger partial charge < -0.3 is 29.7 Å². The van der Waals surface area contributed by atoms with Crippen molar-refractivity contribution >= 4 is 34.1 Å². The fourth-order valence-corrected chi connectivity index (χ4v) is 4.45. The van der Waals surface area contributed by atoms with Crippen LogP contribution in [0, 0.1) is 10.8 Å². The summed E-state index contributed by atoms with van der Waals surface area (Å²) < 4.78 is 16.8. The van der Waals surface area contributed by atoms with Crippen molar-refractivity contribution < 1.29 is 23.8 Å². The van der Waals surface area contributed by atoms with E-state index in [1.54, 1.807) is 6.92 Å². The molecular weight excluding hydrogens is 506 g/mol. The molecule has 40 heavy (non-hydrogen) atoms. The van der Waals surface area contributed by atoms with Crippen LogP contribution >= 0.6 is 0 Å². The summed E-state index contributed by atoms with van der Waals surface area (Å²) in [4.78, 5) is 30.8. The lowest BCUT2D eigenvalue weighted by Crippen LogP contribution is -2.47. The molecule has 3 heterocycles. The molecule has 2 unspecified atom stereocenters. The lowest BCUT2D eigenvalue weighted by Gasteiger charge is -2.34. The van der Waals surface area contributed by atoms with Crippen molar-refractivity contribution in [2.24, 2.45) is 16.6 Å². The van der Waals surface area contributed by atoms with Crippen molar-refractivity contribution in [1.82, 2.24) is 9.97 Å². The van der Waals surface area contributed by atoms with E-state index in [0.29, 0.717) is 12.8 Å². The van der Waals surface area contributed by atoms with E-state index in [0.717, 1.165) is 41.8 Å². The van der Waals surface area contributed by atoms with Crippen LogP contribution in [0.4, 0.5) is 0 Å². The Morgan fingerprint density at radius 2 is 1.80 bits per heavy atom. The maximum absolute atomic E-state index is 11.8. The lowest BCUT2D eigenvalue weighted by molar-refractivity contribution is -0.220. The first-order valence-corrected chi connectivity index (χ1v) is 13.7. The summed E-state index contributed by atoms with van der Waals surface area (Å²) in [7, 11) is 0. The number of H-pyrrole nitrogens is 1. The van der Waals surface area contributed by atoms with Crippen LogP contribution in [0.25, 0.3) is 21.8 Å². The van der Waals surface area contributed by atoms with E-state index in [-0.39, 0.29) is 18.3 Å². The van der Waals surface area contributed by atoms with Crippen molar-refractivity contribution in [3.05, 3.63) is 78.1 Å². The summed E-state index contributed by atoms with van der Waals surface area (Å²) in [5, 5.41) is 2.43. The molecule has 1 aliphatic heterocycles. The molecule has 5 rings (SSSR count). The van der Waals surface area contributed by atoms with E-state index in [1.807, 2.05) is 49.5 Å². The molecule has 2 aromatic heterocycles. The van der Waals surface area contributed by atoms with Crippen molar-refractivity contribution in [3.8, 4) is 0 Å². The van der Waals surface area contributed by atoms with Crippen LogP contribution in [0.1, 0.15) is 45.4 Å². The monoisotopic (exact) mass is 545 g/mol. The topological polar surface area (TPSA) is 117 Å². The zero-order valence-corrected chi connectivity index (χ0v) is 23.7. The standard InChI is InChI=1S/C18H20N2O2.C14H19NO3/c1-18(2)10-21-16(22-11-18)9-15-17-13(7-8-19-15)12-5-3-4-6-14(12)20-17;1-3-14(2,10-16)12(15)13(17)18-9-11-7-5-4-6-8-11/h3-8,16,20H,9-11H2,1-2H3;4-8,10,12H,3,9,15H2,1-2H3. The smallest absolute Gasteiger partial charge is 0.324 e. The SMILES string of the molecule is CC1(C)COC(Cc2nccc3c2[nH]c2ccccc23)OC1.CCC(C)(C=O)C(N)C(=O)OCc1ccccc1. The summed E-state index contributed by atoms with van der Waals surface area (Å²) in [5.41, 5.74) is 9.11. The normalized spacial score (nSPS) is 17.4. The minimum Gasteiger partial charge on any atom is -0.460 e. The third kappa shape index (κ3) is 6.94. The third-order valence-corrected chi connectivity index (χ3v) is 7.41. The van der Waals surface area contributed by atoms with Gasteiger partial charge in [0.05, 0.1) is 24.4 Å². The van der Waals surface area contributed by atoms with Crippen LogP contribution in [0.2, 0.25) is 0 Å². The number of hydrogen-bond acceptors (Lipinski definition) is 7. The minimum absolute atomic E-state index is 0.0943. The highest BCUT2D eigenvalue weighted by atomic mass is 16.7. The molecule has 8 heteroatoms. The number of rotatable bonds is 8. The number of esters is 1. The second-order valence-corrected chi connectivity index (χ2v) is 11.3. The van der Waals surface area contributed by atoms with Gasteiger partial charge in [-0.1, -0.05) is 76.2 Å². The fourth-order valence-electron chi connectivity index (χ4n) is 4.45. The molecule has 0 saturated carbocycles. The molecule has 0 bridgehead atoms. The van der Waals surface area contributed by atoms with E-state index >= 15 is 0 Å². The maximum Gasteiger partial charge on any atom is 0.324 e. The number of para-hydroxylation sites is 1. The van der Waals surface area contributed by atoms with Crippen LogP contribution in [0.3, 0.4) is 0 Å². The minimum atomic E-state index is -0.927. The Bertz CT molecular complexity index is 1420. The summed E-state index contributed by atoms with van der Waals surface area (Å²) in [5.74, 6) is -0.546. The maximum atomic E-state index is 11.8. The molecule has 3 N–H and O–H groups in total. The summed E-state index contributed by atoms with van der Waals surface area (Å²) in [6, 6.07) is 18.8. The molecule has 0 aliphatic carbocycles. The highest BCUT2D eigenvalue weighted by molar-refractivity contribution is 6.07. The van der Waals surface area contributed by atoms with Crippen LogP contribution < -0.4 is 5.73 Å². The van der Waals surface area contributed by atoms with E-state index in [4.69, 9.17) is 19.9 Å². The van der Waals surface area contributed by atoms with Crippen LogP contribution in [0.15, 0.2) is 66.9 Å². The number of aldehydes is 1. The zero-order chi connectivity index (χ0) is 28.8. The van der Waals surface area contributed by atoms with Gasteiger partial charge >= 0.3 is 5.97 Å². The van der Waals surface area contributed by atoms with Gasteiger partial charge in [0.15, 0.2) is 6.29 Å². The Morgan fingerprint density at radius 3 is 2.48 bits per heavy atom. The Kier molecular flexibility index (Phi) is 9.35. The lowest BCUT2D eigenvalue weighted by atomic mass is 9.82. The number of pyridine rings is 1. The highest BCUT2D eigenvalue weighted by Crippen LogP contribution is 2.29. The molecule has 0 amide bonds. The quantitative estimate of drug-likeness (QED) is 0.227. The van der Waals surface area contributed by atoms with E-state index < -0.39 is 17.4 Å². The van der Waals surface area contributed by atoms with Crippen molar-refractivity contribution in [2.75, 3.05) is 13.2 Å². The van der Waals surface area contributed by atoms with Gasteiger partial charge in [-0.15, -0.1) is 0 Å². The summed E-state index contributed by atoms with van der Waals surface area (Å²) >= 11 is 0. The Labute approximate surface area is 235 Å². The molecule has 2 aromatic carbocycles. The first-order valence-electron chi connectivity index (χ1n) is 13.7. The molecule has 1 aliphatic rings. The van der Waals surface area contributed by atoms with Gasteiger partial charge in [0, 0.05) is 39.7 Å². The highest BCUT2D eigenvalue weighted by Gasteiger charge is 2.36. The van der Waals surface area contributed by atoms with E-state index in [1.165, 1.54) is 10.8 Å². The summed E-state index contributed by atoms with van der Waals surface area (Å²) in [6.45, 7) is 9.40. The first kappa shape index (κ1) is 29.4. The first-order chi connectivity index (χ1) is 19.2. The van der Waals surface area contributed by atoms with Gasteiger partial charge in [-0.05, 0) is 24.1 Å². The molecule has 0 radical (unpaired) electrons. The van der Waals surface area contributed by atoms with E-state index in [9.17, 15) is 9.59 Å². The molecule has 1 saturated heterocycles. The number of aromatic amines is 1. The average Bonchev–Trinajstić information content (AvgIpc) is 3.37. The molecule has 8 nitrogen and oxygen atoms in total. The molecule has 0 spiro atoms. The van der Waals surface area contributed by atoms with Crippen molar-refractivity contribution in [2.45, 2.75) is 59.5 Å². The second-order valence-electron chi connectivity index (χ2n) is 11.3. The predicted octanol–water partition coefficient (Wildman–Crippen LogP) is 5.33. The Morgan fingerprint density at radius 1 is 1.12 bits per heavy atom. The predicted molar refractivity (Wildman–Crippen MR) is 155 cm³/mol. The fraction of sp³-hybridized carbons (Fsp3) is 0.406. The van der Waals surface area contributed by atoms with E-state index in [2.05, 4.69) is 48.1 Å². The molecule has 2 atom stereocenters. The van der Waals surface area contributed by atoms with Crippen LogP contribution in [-0.4, -0.2) is 47.8 Å². The number of nitrogens with two attached hydrogens (primary N) is 1. The number of carbonyl (C=O) groups excluding carboxylic acids is 2. The van der Waals surface area contributed by atoms with Gasteiger partial charge in [-0.2, -0.15) is 0 Å². The Balaban J connectivity index is 0.000000190.